The van der Waals surface area contributed by atoms with E-state index in [1.807, 2.05) is 54.6 Å². The molecule has 1 atom stereocenters. The van der Waals surface area contributed by atoms with Gasteiger partial charge in [-0.25, -0.2) is 9.79 Å². The van der Waals surface area contributed by atoms with Gasteiger partial charge in [-0.3, -0.25) is 9.36 Å². The molecule has 2 heterocycles. The van der Waals surface area contributed by atoms with Crippen LogP contribution in [0.15, 0.2) is 92.3 Å². The Bertz CT molecular complexity index is 1940. The van der Waals surface area contributed by atoms with Crippen molar-refractivity contribution in [2.24, 2.45) is 4.99 Å². The van der Waals surface area contributed by atoms with Crippen LogP contribution in [0.4, 0.5) is 0 Å². The summed E-state index contributed by atoms with van der Waals surface area (Å²) >= 11 is 4.76. The highest BCUT2D eigenvalue weighted by atomic mass is 79.9. The molecule has 0 saturated heterocycles. The summed E-state index contributed by atoms with van der Waals surface area (Å²) in [5.74, 6) is 0.662. The van der Waals surface area contributed by atoms with Crippen LogP contribution in [0.25, 0.3) is 6.08 Å². The highest BCUT2D eigenvalue weighted by Gasteiger charge is 2.33. The number of fused-ring (bicyclic) bond motifs is 1. The van der Waals surface area contributed by atoms with Gasteiger partial charge in [-0.1, -0.05) is 53.8 Å². The monoisotopic (exact) mass is 643 g/mol. The summed E-state index contributed by atoms with van der Waals surface area (Å²) < 4.78 is 19.5. The van der Waals surface area contributed by atoms with Crippen LogP contribution < -0.4 is 24.4 Å². The Kier molecular flexibility index (Phi) is 8.71. The first kappa shape index (κ1) is 29.0. The molecular formula is C32H26BrN3O5S. The molecule has 0 aliphatic carbocycles. The van der Waals surface area contributed by atoms with Crippen LogP contribution in [0, 0.1) is 11.3 Å². The maximum Gasteiger partial charge on any atom is 0.338 e. The van der Waals surface area contributed by atoms with E-state index in [9.17, 15) is 14.9 Å². The van der Waals surface area contributed by atoms with Crippen molar-refractivity contribution in [2.45, 2.75) is 26.5 Å². The topological polar surface area (TPSA) is 103 Å². The molecule has 0 N–H and O–H groups in total. The molecule has 0 unspecified atom stereocenters. The minimum Gasteiger partial charge on any atom is -0.496 e. The van der Waals surface area contributed by atoms with Crippen LogP contribution >= 0.6 is 27.3 Å². The van der Waals surface area contributed by atoms with Gasteiger partial charge in [0.25, 0.3) is 5.56 Å². The van der Waals surface area contributed by atoms with Crippen molar-refractivity contribution in [3.05, 3.63) is 124 Å². The van der Waals surface area contributed by atoms with E-state index in [0.717, 1.165) is 5.56 Å². The van der Waals surface area contributed by atoms with Crippen LogP contribution in [-0.2, 0) is 16.1 Å². The number of aromatic nitrogens is 1. The fourth-order valence-electron chi connectivity index (χ4n) is 4.74. The van der Waals surface area contributed by atoms with Crippen molar-refractivity contribution < 1.29 is 19.0 Å². The minimum absolute atomic E-state index is 0.189. The lowest BCUT2D eigenvalue weighted by atomic mass is 9.96. The van der Waals surface area contributed by atoms with Crippen molar-refractivity contribution in [2.75, 3.05) is 13.7 Å². The number of halogens is 1. The highest BCUT2D eigenvalue weighted by molar-refractivity contribution is 9.10. The number of esters is 1. The number of nitrogens with zero attached hydrogens (tertiary/aromatic N) is 3. The molecule has 1 aliphatic heterocycles. The summed E-state index contributed by atoms with van der Waals surface area (Å²) in [7, 11) is 1.57. The van der Waals surface area contributed by atoms with Crippen molar-refractivity contribution >= 4 is 39.3 Å². The molecule has 212 valence electrons. The number of thiazole rings is 1. The lowest BCUT2D eigenvalue weighted by molar-refractivity contribution is -0.139. The van der Waals surface area contributed by atoms with E-state index >= 15 is 0 Å². The Morgan fingerprint density at radius 2 is 1.90 bits per heavy atom. The quantitative estimate of drug-likeness (QED) is 0.250. The minimum atomic E-state index is -0.751. The van der Waals surface area contributed by atoms with Gasteiger partial charge in [0.15, 0.2) is 4.80 Å². The normalized spacial score (nSPS) is 14.5. The number of methoxy groups -OCH3 is 1. The highest BCUT2D eigenvalue weighted by Crippen LogP contribution is 2.35. The predicted octanol–water partition coefficient (Wildman–Crippen LogP) is 5.02. The van der Waals surface area contributed by atoms with E-state index in [1.165, 1.54) is 15.9 Å². The van der Waals surface area contributed by atoms with E-state index < -0.39 is 12.0 Å². The van der Waals surface area contributed by atoms with E-state index in [-0.39, 0.29) is 18.8 Å². The summed E-state index contributed by atoms with van der Waals surface area (Å²) in [4.78, 5) is 32.3. The van der Waals surface area contributed by atoms with Gasteiger partial charge in [-0.2, -0.15) is 5.26 Å². The second kappa shape index (κ2) is 12.6. The number of hydrogen-bond acceptors (Lipinski definition) is 8. The number of ether oxygens (including phenoxy) is 3. The number of hydrogen-bond donors (Lipinski definition) is 0. The van der Waals surface area contributed by atoms with Crippen LogP contribution in [0.3, 0.4) is 0 Å². The van der Waals surface area contributed by atoms with Gasteiger partial charge in [0, 0.05) is 11.1 Å². The van der Waals surface area contributed by atoms with Crippen LogP contribution in [0.1, 0.15) is 42.1 Å². The van der Waals surface area contributed by atoms with Gasteiger partial charge >= 0.3 is 5.97 Å². The zero-order valence-electron chi connectivity index (χ0n) is 23.1. The number of para-hydroxylation sites is 1. The van der Waals surface area contributed by atoms with Crippen molar-refractivity contribution in [1.29, 1.82) is 5.26 Å². The fourth-order valence-corrected chi connectivity index (χ4v) is 6.34. The molecule has 1 aromatic heterocycles. The second-order valence-corrected chi connectivity index (χ2v) is 11.2. The summed E-state index contributed by atoms with van der Waals surface area (Å²) in [5, 5.41) is 9.42. The SMILES string of the molecule is CCOC(=O)C1=C(C)N=c2s/c(=C/c3ccccc3OCc3ccccc3C#N)c(=O)n2[C@@H]1c1ccc(OC)c(Br)c1. The maximum absolute atomic E-state index is 14.0. The van der Waals surface area contributed by atoms with Crippen LogP contribution in [-0.4, -0.2) is 24.3 Å². The molecule has 42 heavy (non-hydrogen) atoms. The fraction of sp³-hybridized carbons (Fsp3) is 0.188. The third-order valence-electron chi connectivity index (χ3n) is 6.74. The van der Waals surface area contributed by atoms with Gasteiger partial charge in [0.2, 0.25) is 0 Å². The molecule has 0 saturated carbocycles. The zero-order valence-corrected chi connectivity index (χ0v) is 25.5. The average Bonchev–Trinajstić information content (AvgIpc) is 3.29. The third-order valence-corrected chi connectivity index (χ3v) is 8.34. The molecule has 0 bridgehead atoms. The van der Waals surface area contributed by atoms with E-state index in [2.05, 4.69) is 27.0 Å². The van der Waals surface area contributed by atoms with Gasteiger partial charge in [-0.15, -0.1) is 0 Å². The molecule has 0 radical (unpaired) electrons. The van der Waals surface area contributed by atoms with Gasteiger partial charge < -0.3 is 14.2 Å². The molecule has 4 aromatic rings. The van der Waals surface area contributed by atoms with E-state index in [1.54, 1.807) is 39.2 Å². The maximum atomic E-state index is 14.0. The summed E-state index contributed by atoms with van der Waals surface area (Å²) in [6.07, 6.45) is 1.76. The van der Waals surface area contributed by atoms with Crippen molar-refractivity contribution in [3.8, 4) is 17.6 Å². The predicted molar refractivity (Wildman–Crippen MR) is 163 cm³/mol. The summed E-state index contributed by atoms with van der Waals surface area (Å²) in [5.41, 5.74) is 3.19. The Hall–Kier alpha value is -4.46. The lowest BCUT2D eigenvalue weighted by Crippen LogP contribution is -2.40. The van der Waals surface area contributed by atoms with Crippen molar-refractivity contribution in [3.63, 3.8) is 0 Å². The first-order chi connectivity index (χ1) is 20.4. The first-order valence-electron chi connectivity index (χ1n) is 13.1. The molecule has 1 aliphatic rings. The standard InChI is InChI=1S/C32H26BrN3O5S/c1-4-40-31(38)28-19(2)35-32-36(29(28)21-13-14-26(39-3)24(33)15-21)30(37)27(42-32)16-20-9-7-8-12-25(20)41-18-23-11-6-5-10-22(23)17-34/h5-16,29H,4,18H2,1-3H3/b27-16+/t29-/m1/s1. The van der Waals surface area contributed by atoms with Gasteiger partial charge in [0.05, 0.1) is 51.7 Å². The molecule has 10 heteroatoms. The average molecular weight is 645 g/mol. The number of nitriles is 1. The van der Waals surface area contributed by atoms with Crippen LogP contribution in [0.5, 0.6) is 11.5 Å². The molecule has 0 amide bonds. The number of carbonyl (C=O) groups is 1. The molecule has 0 fully saturated rings. The molecule has 3 aromatic carbocycles. The van der Waals surface area contributed by atoms with Gasteiger partial charge in [0.1, 0.15) is 18.1 Å². The Labute approximate surface area is 254 Å². The summed E-state index contributed by atoms with van der Waals surface area (Å²) in [6.45, 7) is 3.87. The zero-order chi connectivity index (χ0) is 29.8. The second-order valence-electron chi connectivity index (χ2n) is 9.29. The van der Waals surface area contributed by atoms with Crippen LogP contribution in [0.2, 0.25) is 0 Å². The van der Waals surface area contributed by atoms with Crippen molar-refractivity contribution in [1.82, 2.24) is 4.57 Å². The third kappa shape index (κ3) is 5.66. The number of allylic oxidation sites excluding steroid dienone is 1. The molecule has 0 spiro atoms. The number of carbonyl (C=O) groups excluding carboxylic acids is 1. The largest absolute Gasteiger partial charge is 0.496 e. The Morgan fingerprint density at radius 1 is 1.14 bits per heavy atom. The Balaban J connectivity index is 1.61. The van der Waals surface area contributed by atoms with Gasteiger partial charge in [-0.05, 0) is 65.7 Å². The summed E-state index contributed by atoms with van der Waals surface area (Å²) in [6, 6.07) is 21.5. The lowest BCUT2D eigenvalue weighted by Gasteiger charge is -2.25. The molecule has 5 rings (SSSR count). The number of rotatable bonds is 8. The molecule has 8 nitrogen and oxygen atoms in total. The first-order valence-corrected chi connectivity index (χ1v) is 14.7. The smallest absolute Gasteiger partial charge is 0.338 e. The van der Waals surface area contributed by atoms with E-state index in [4.69, 9.17) is 14.2 Å². The Morgan fingerprint density at radius 3 is 2.64 bits per heavy atom. The van der Waals surface area contributed by atoms with E-state index in [0.29, 0.717) is 53.3 Å². The molecular weight excluding hydrogens is 618 g/mol. The number of benzene rings is 3.